The van der Waals surface area contributed by atoms with Crippen LogP contribution in [0.5, 0.6) is 11.5 Å². The molecule has 0 aliphatic carbocycles. The van der Waals surface area contributed by atoms with Crippen molar-refractivity contribution >= 4 is 29.1 Å². The van der Waals surface area contributed by atoms with Crippen LogP contribution in [0.3, 0.4) is 0 Å². The van der Waals surface area contributed by atoms with E-state index in [9.17, 15) is 4.79 Å². The number of thiazole rings is 1. The lowest BCUT2D eigenvalue weighted by molar-refractivity contribution is 0.0701. The number of aromatic nitrogens is 1. The van der Waals surface area contributed by atoms with Crippen molar-refractivity contribution in [3.05, 3.63) is 34.8 Å². The van der Waals surface area contributed by atoms with E-state index >= 15 is 0 Å². The topological polar surface area (TPSA) is 68.7 Å². The van der Waals surface area contributed by atoms with Gasteiger partial charge in [0.2, 0.25) is 0 Å². The van der Waals surface area contributed by atoms with E-state index in [1.54, 1.807) is 6.92 Å². The average molecular weight is 323 g/mol. The second kappa shape index (κ2) is 5.95. The summed E-state index contributed by atoms with van der Waals surface area (Å²) in [6.07, 6.45) is -0.0672. The number of carboxylic acids is 1. The van der Waals surface area contributed by atoms with Crippen molar-refractivity contribution in [1.82, 2.24) is 4.98 Å². The lowest BCUT2D eigenvalue weighted by Gasteiger charge is -2.25. The minimum Gasteiger partial charge on any atom is -0.486 e. The molecule has 1 aliphatic heterocycles. The Morgan fingerprint density at radius 2 is 2.24 bits per heavy atom. The molecule has 0 spiro atoms. The molecular weight excluding hydrogens is 310 g/mol. The summed E-state index contributed by atoms with van der Waals surface area (Å²) in [6, 6.07) is 7.56. The number of hydrogen-bond acceptors (Lipinski definition) is 6. The maximum Gasteiger partial charge on any atom is 0.347 e. The molecule has 0 radical (unpaired) electrons. The first kappa shape index (κ1) is 14.2. The van der Waals surface area contributed by atoms with Crippen LogP contribution in [-0.4, -0.2) is 34.5 Å². The molecule has 1 aliphatic rings. The average Bonchev–Trinajstić information content (AvgIpc) is 2.86. The smallest absolute Gasteiger partial charge is 0.347 e. The predicted molar refractivity (Wildman–Crippen MR) is 80.9 cm³/mol. The summed E-state index contributed by atoms with van der Waals surface area (Å²) in [4.78, 5) is 15.6. The van der Waals surface area contributed by atoms with Crippen molar-refractivity contribution in [3.63, 3.8) is 0 Å². The van der Waals surface area contributed by atoms with Gasteiger partial charge in [-0.05, 0) is 19.1 Å². The maximum absolute atomic E-state index is 11.0. The molecule has 1 N–H and O–H groups in total. The van der Waals surface area contributed by atoms with Gasteiger partial charge in [0.1, 0.15) is 17.6 Å². The Kier molecular flexibility index (Phi) is 4.03. The fourth-order valence-electron chi connectivity index (χ4n) is 1.94. The molecule has 1 unspecified atom stereocenters. The zero-order valence-electron chi connectivity index (χ0n) is 11.2. The van der Waals surface area contributed by atoms with E-state index in [1.165, 1.54) is 23.1 Å². The fourth-order valence-corrected chi connectivity index (χ4v) is 3.96. The molecule has 3 rings (SSSR count). The van der Waals surface area contributed by atoms with Crippen LogP contribution >= 0.6 is 23.1 Å². The molecular formula is C14H13NO4S2. The van der Waals surface area contributed by atoms with Gasteiger partial charge in [0.05, 0.1) is 5.69 Å². The van der Waals surface area contributed by atoms with Crippen molar-refractivity contribution in [2.24, 2.45) is 0 Å². The Labute approximate surface area is 129 Å². The van der Waals surface area contributed by atoms with Crippen molar-refractivity contribution in [1.29, 1.82) is 0 Å². The highest BCUT2D eigenvalue weighted by molar-refractivity contribution is 8.01. The molecule has 1 atom stereocenters. The van der Waals surface area contributed by atoms with Gasteiger partial charge in [-0.25, -0.2) is 9.78 Å². The first-order valence-corrected chi connectivity index (χ1v) is 8.15. The van der Waals surface area contributed by atoms with Crippen LogP contribution in [0.2, 0.25) is 0 Å². The third-order valence-corrected chi connectivity index (χ3v) is 5.35. The number of carbonyl (C=O) groups is 1. The van der Waals surface area contributed by atoms with Crippen molar-refractivity contribution in [2.45, 2.75) is 17.4 Å². The maximum atomic E-state index is 11.0. The first-order valence-electron chi connectivity index (χ1n) is 6.35. The monoisotopic (exact) mass is 323 g/mol. The van der Waals surface area contributed by atoms with Crippen LogP contribution < -0.4 is 9.47 Å². The van der Waals surface area contributed by atoms with Gasteiger partial charge in [-0.15, -0.1) is 11.3 Å². The largest absolute Gasteiger partial charge is 0.486 e. The van der Waals surface area contributed by atoms with Gasteiger partial charge in [0, 0.05) is 5.75 Å². The molecule has 1 aromatic heterocycles. The van der Waals surface area contributed by atoms with Crippen LogP contribution in [0, 0.1) is 6.92 Å². The lowest BCUT2D eigenvalue weighted by Crippen LogP contribution is -2.31. The highest BCUT2D eigenvalue weighted by Crippen LogP contribution is 2.33. The van der Waals surface area contributed by atoms with E-state index in [0.29, 0.717) is 22.9 Å². The second-order valence-corrected chi connectivity index (χ2v) is 6.77. The number of rotatable bonds is 4. The molecule has 7 heteroatoms. The van der Waals surface area contributed by atoms with Crippen LogP contribution in [-0.2, 0) is 0 Å². The Morgan fingerprint density at radius 3 is 2.95 bits per heavy atom. The van der Waals surface area contributed by atoms with Gasteiger partial charge in [-0.1, -0.05) is 23.9 Å². The van der Waals surface area contributed by atoms with Gasteiger partial charge >= 0.3 is 5.97 Å². The summed E-state index contributed by atoms with van der Waals surface area (Å²) in [5, 5.41) is 9.02. The second-order valence-electron chi connectivity index (χ2n) is 4.51. The van der Waals surface area contributed by atoms with E-state index in [2.05, 4.69) is 4.98 Å². The molecule has 0 fully saturated rings. The minimum absolute atomic E-state index is 0.0672. The predicted octanol–water partition coefficient (Wildman–Crippen LogP) is 3.08. The Morgan fingerprint density at radius 1 is 1.48 bits per heavy atom. The zero-order chi connectivity index (χ0) is 14.8. The number of ether oxygens (including phenoxy) is 2. The summed E-state index contributed by atoms with van der Waals surface area (Å²) in [5.41, 5.74) is 0.557. The number of thioether (sulfide) groups is 1. The summed E-state index contributed by atoms with van der Waals surface area (Å²) in [6.45, 7) is 2.20. The standard InChI is InChI=1S/C14H13NO4S2/c1-8-12(13(16)17)21-14(15-8)20-7-9-6-18-10-4-2-3-5-11(10)19-9/h2-5,9H,6-7H2,1H3,(H,16,17). The molecule has 5 nitrogen and oxygen atoms in total. The van der Waals surface area contributed by atoms with E-state index in [0.717, 1.165) is 15.8 Å². The van der Waals surface area contributed by atoms with E-state index < -0.39 is 5.97 Å². The van der Waals surface area contributed by atoms with Crippen LogP contribution in [0.1, 0.15) is 15.4 Å². The normalized spacial score (nSPS) is 16.7. The SMILES string of the molecule is Cc1nc(SCC2COc3ccccc3O2)sc1C(=O)O. The lowest BCUT2D eigenvalue weighted by atomic mass is 10.3. The number of carboxylic acid groups (broad SMARTS) is 1. The molecule has 2 aromatic rings. The number of aromatic carboxylic acids is 1. The number of aryl methyl sites for hydroxylation is 1. The molecule has 1 aromatic carbocycles. The summed E-state index contributed by atoms with van der Waals surface area (Å²) in [7, 11) is 0. The molecule has 0 amide bonds. The summed E-state index contributed by atoms with van der Waals surface area (Å²) >= 11 is 2.69. The Hall–Kier alpha value is -1.73. The van der Waals surface area contributed by atoms with Gasteiger partial charge in [-0.3, -0.25) is 0 Å². The number of nitrogens with zero attached hydrogens (tertiary/aromatic N) is 1. The quantitative estimate of drug-likeness (QED) is 0.872. The van der Waals surface area contributed by atoms with Gasteiger partial charge in [-0.2, -0.15) is 0 Å². The number of hydrogen-bond donors (Lipinski definition) is 1. The van der Waals surface area contributed by atoms with Crippen molar-refractivity contribution in [3.8, 4) is 11.5 Å². The highest BCUT2D eigenvalue weighted by Gasteiger charge is 2.22. The summed E-state index contributed by atoms with van der Waals surface area (Å²) in [5.74, 6) is 1.25. The molecule has 0 saturated carbocycles. The Balaban J connectivity index is 1.62. The zero-order valence-corrected chi connectivity index (χ0v) is 12.9. The number of para-hydroxylation sites is 2. The van der Waals surface area contributed by atoms with Gasteiger partial charge < -0.3 is 14.6 Å². The number of fused-ring (bicyclic) bond motifs is 1. The summed E-state index contributed by atoms with van der Waals surface area (Å²) < 4.78 is 12.2. The van der Waals surface area contributed by atoms with Crippen LogP contribution in [0.4, 0.5) is 0 Å². The Bertz CT molecular complexity index is 671. The van der Waals surface area contributed by atoms with Crippen molar-refractivity contribution < 1.29 is 19.4 Å². The third kappa shape index (κ3) is 3.14. The minimum atomic E-state index is -0.928. The number of benzene rings is 1. The van der Waals surface area contributed by atoms with Crippen molar-refractivity contribution in [2.75, 3.05) is 12.4 Å². The molecule has 110 valence electrons. The first-order chi connectivity index (χ1) is 10.1. The van der Waals surface area contributed by atoms with E-state index in [4.69, 9.17) is 14.6 Å². The molecule has 0 bridgehead atoms. The third-order valence-electron chi connectivity index (χ3n) is 2.93. The molecule has 2 heterocycles. The van der Waals surface area contributed by atoms with Gasteiger partial charge in [0.15, 0.2) is 15.8 Å². The fraction of sp³-hybridized carbons (Fsp3) is 0.286. The molecule has 0 saturated heterocycles. The van der Waals surface area contributed by atoms with E-state index in [-0.39, 0.29) is 6.10 Å². The van der Waals surface area contributed by atoms with Crippen LogP contribution in [0.25, 0.3) is 0 Å². The van der Waals surface area contributed by atoms with E-state index in [1.807, 2.05) is 24.3 Å². The highest BCUT2D eigenvalue weighted by atomic mass is 32.2. The molecule has 21 heavy (non-hydrogen) atoms. The van der Waals surface area contributed by atoms with Crippen LogP contribution in [0.15, 0.2) is 28.6 Å². The van der Waals surface area contributed by atoms with Gasteiger partial charge in [0.25, 0.3) is 0 Å².